The van der Waals surface area contributed by atoms with Crippen LogP contribution in [0.15, 0.2) is 0 Å². The molecule has 1 rings (SSSR count). The summed E-state index contributed by atoms with van der Waals surface area (Å²) in [6.45, 7) is 17.6. The molecule has 1 heterocycles. The fourth-order valence-electron chi connectivity index (χ4n) is 2.99. The standard InChI is InChI=1S/C15H33N3/c1-5-17(6-2)12-9-13-18(7-3)14-15(4)10-8-11-16-15/h16H,5-14H2,1-4H3. The van der Waals surface area contributed by atoms with Crippen LogP contribution in [-0.2, 0) is 0 Å². The Hall–Kier alpha value is -0.120. The molecule has 0 saturated carbocycles. The number of hydrogen-bond acceptors (Lipinski definition) is 3. The highest BCUT2D eigenvalue weighted by molar-refractivity contribution is 4.91. The van der Waals surface area contributed by atoms with Crippen LogP contribution in [0.25, 0.3) is 0 Å². The summed E-state index contributed by atoms with van der Waals surface area (Å²) < 4.78 is 0. The first kappa shape index (κ1) is 15.9. The third-order valence-corrected chi connectivity index (χ3v) is 4.32. The van der Waals surface area contributed by atoms with E-state index in [-0.39, 0.29) is 0 Å². The molecule has 0 bridgehead atoms. The maximum atomic E-state index is 3.67. The Morgan fingerprint density at radius 3 is 2.11 bits per heavy atom. The van der Waals surface area contributed by atoms with Crippen LogP contribution in [0.2, 0.25) is 0 Å². The summed E-state index contributed by atoms with van der Waals surface area (Å²) in [6.07, 6.45) is 3.97. The molecule has 0 spiro atoms. The van der Waals surface area contributed by atoms with E-state index in [1.165, 1.54) is 65.1 Å². The Morgan fingerprint density at radius 2 is 1.61 bits per heavy atom. The predicted octanol–water partition coefficient (Wildman–Crippen LogP) is 2.18. The van der Waals surface area contributed by atoms with E-state index in [9.17, 15) is 0 Å². The Morgan fingerprint density at radius 1 is 1.00 bits per heavy atom. The third kappa shape index (κ3) is 5.25. The molecule has 1 aliphatic rings. The maximum Gasteiger partial charge on any atom is 0.0280 e. The zero-order valence-corrected chi connectivity index (χ0v) is 13.0. The van der Waals surface area contributed by atoms with Crippen molar-refractivity contribution in [1.82, 2.24) is 15.1 Å². The van der Waals surface area contributed by atoms with E-state index >= 15 is 0 Å². The van der Waals surface area contributed by atoms with Crippen molar-refractivity contribution >= 4 is 0 Å². The Balaban J connectivity index is 2.24. The first-order valence-corrected chi connectivity index (χ1v) is 7.83. The second-order valence-corrected chi connectivity index (χ2v) is 5.84. The van der Waals surface area contributed by atoms with Gasteiger partial charge in [-0.3, -0.25) is 0 Å². The number of nitrogens with zero attached hydrogens (tertiary/aromatic N) is 2. The third-order valence-electron chi connectivity index (χ3n) is 4.32. The van der Waals surface area contributed by atoms with Gasteiger partial charge in [-0.05, 0) is 65.5 Å². The van der Waals surface area contributed by atoms with Gasteiger partial charge in [0.25, 0.3) is 0 Å². The Bertz CT molecular complexity index is 208. The maximum absolute atomic E-state index is 3.67. The van der Waals surface area contributed by atoms with E-state index in [2.05, 4.69) is 42.8 Å². The van der Waals surface area contributed by atoms with Gasteiger partial charge in [-0.1, -0.05) is 20.8 Å². The van der Waals surface area contributed by atoms with Crippen LogP contribution in [0.4, 0.5) is 0 Å². The van der Waals surface area contributed by atoms with Crippen molar-refractivity contribution in [2.75, 3.05) is 45.8 Å². The molecule has 1 saturated heterocycles. The van der Waals surface area contributed by atoms with Gasteiger partial charge in [0.05, 0.1) is 0 Å². The highest BCUT2D eigenvalue weighted by Gasteiger charge is 2.29. The van der Waals surface area contributed by atoms with Crippen molar-refractivity contribution < 1.29 is 0 Å². The molecule has 0 amide bonds. The molecule has 108 valence electrons. The monoisotopic (exact) mass is 255 g/mol. The second kappa shape index (κ2) is 8.13. The molecule has 1 unspecified atom stereocenters. The molecule has 1 aliphatic heterocycles. The molecule has 1 N–H and O–H groups in total. The van der Waals surface area contributed by atoms with Crippen LogP contribution >= 0.6 is 0 Å². The van der Waals surface area contributed by atoms with Crippen molar-refractivity contribution in [2.45, 2.75) is 52.5 Å². The van der Waals surface area contributed by atoms with E-state index in [1.807, 2.05) is 0 Å². The SMILES string of the molecule is CCN(CC)CCCN(CC)CC1(C)CCCN1. The Kier molecular flexibility index (Phi) is 7.20. The van der Waals surface area contributed by atoms with Gasteiger partial charge in [-0.2, -0.15) is 0 Å². The van der Waals surface area contributed by atoms with Crippen molar-refractivity contribution in [1.29, 1.82) is 0 Å². The van der Waals surface area contributed by atoms with Crippen LogP contribution < -0.4 is 5.32 Å². The van der Waals surface area contributed by atoms with E-state index in [1.54, 1.807) is 0 Å². The van der Waals surface area contributed by atoms with Crippen molar-refractivity contribution in [2.24, 2.45) is 0 Å². The molecule has 1 atom stereocenters. The summed E-state index contributed by atoms with van der Waals surface area (Å²) in [5.41, 5.74) is 0.366. The zero-order valence-electron chi connectivity index (χ0n) is 13.0. The normalized spacial score (nSPS) is 24.3. The quantitative estimate of drug-likeness (QED) is 0.681. The fraction of sp³-hybridized carbons (Fsp3) is 1.00. The van der Waals surface area contributed by atoms with Crippen molar-refractivity contribution in [3.63, 3.8) is 0 Å². The molecule has 0 radical (unpaired) electrons. The molecule has 3 nitrogen and oxygen atoms in total. The summed E-state index contributed by atoms with van der Waals surface area (Å²) in [7, 11) is 0. The molecule has 0 aliphatic carbocycles. The van der Waals surface area contributed by atoms with E-state index in [0.29, 0.717) is 5.54 Å². The number of rotatable bonds is 9. The van der Waals surface area contributed by atoms with Gasteiger partial charge < -0.3 is 15.1 Å². The minimum absolute atomic E-state index is 0.366. The molecule has 18 heavy (non-hydrogen) atoms. The van der Waals surface area contributed by atoms with Gasteiger partial charge in [0.1, 0.15) is 0 Å². The largest absolute Gasteiger partial charge is 0.310 e. The fourth-order valence-corrected chi connectivity index (χ4v) is 2.99. The van der Waals surface area contributed by atoms with E-state index < -0.39 is 0 Å². The van der Waals surface area contributed by atoms with Crippen LogP contribution in [0.3, 0.4) is 0 Å². The second-order valence-electron chi connectivity index (χ2n) is 5.84. The lowest BCUT2D eigenvalue weighted by molar-refractivity contribution is 0.196. The van der Waals surface area contributed by atoms with Crippen LogP contribution in [-0.4, -0.2) is 61.2 Å². The summed E-state index contributed by atoms with van der Waals surface area (Å²) in [6, 6.07) is 0. The van der Waals surface area contributed by atoms with Gasteiger partial charge in [0, 0.05) is 12.1 Å². The summed E-state index contributed by atoms with van der Waals surface area (Å²) in [5.74, 6) is 0. The zero-order chi connectivity index (χ0) is 13.4. The topological polar surface area (TPSA) is 18.5 Å². The first-order valence-electron chi connectivity index (χ1n) is 7.83. The molecule has 1 fully saturated rings. The molecule has 0 aromatic heterocycles. The molecule has 0 aromatic carbocycles. The lowest BCUT2D eigenvalue weighted by atomic mass is 9.99. The average molecular weight is 255 g/mol. The van der Waals surface area contributed by atoms with Crippen molar-refractivity contribution in [3.05, 3.63) is 0 Å². The van der Waals surface area contributed by atoms with Crippen molar-refractivity contribution in [3.8, 4) is 0 Å². The highest BCUT2D eigenvalue weighted by atomic mass is 15.2. The molecule has 3 heteroatoms. The summed E-state index contributed by atoms with van der Waals surface area (Å²) >= 11 is 0. The smallest absolute Gasteiger partial charge is 0.0280 e. The van der Waals surface area contributed by atoms with Crippen LogP contribution in [0.1, 0.15) is 47.0 Å². The van der Waals surface area contributed by atoms with Gasteiger partial charge >= 0.3 is 0 Å². The Labute approximate surface area is 114 Å². The van der Waals surface area contributed by atoms with E-state index in [0.717, 1.165) is 0 Å². The lowest BCUT2D eigenvalue weighted by Gasteiger charge is -2.32. The number of nitrogens with one attached hydrogen (secondary N) is 1. The number of hydrogen-bond donors (Lipinski definition) is 1. The average Bonchev–Trinajstić information content (AvgIpc) is 2.80. The molecule has 0 aromatic rings. The first-order chi connectivity index (χ1) is 8.63. The van der Waals surface area contributed by atoms with Gasteiger partial charge in [-0.25, -0.2) is 0 Å². The van der Waals surface area contributed by atoms with Crippen LogP contribution in [0.5, 0.6) is 0 Å². The summed E-state index contributed by atoms with van der Waals surface area (Å²) in [4.78, 5) is 5.13. The van der Waals surface area contributed by atoms with Crippen LogP contribution in [0, 0.1) is 0 Å². The van der Waals surface area contributed by atoms with Gasteiger partial charge in [0.2, 0.25) is 0 Å². The molecular formula is C15H33N3. The highest BCUT2D eigenvalue weighted by Crippen LogP contribution is 2.19. The van der Waals surface area contributed by atoms with Gasteiger partial charge in [-0.15, -0.1) is 0 Å². The summed E-state index contributed by atoms with van der Waals surface area (Å²) in [5, 5.41) is 3.67. The van der Waals surface area contributed by atoms with Gasteiger partial charge in [0.15, 0.2) is 0 Å². The minimum Gasteiger partial charge on any atom is -0.310 e. The minimum atomic E-state index is 0.366. The number of likely N-dealkylation sites (N-methyl/N-ethyl adjacent to an activating group) is 1. The predicted molar refractivity (Wildman–Crippen MR) is 80.2 cm³/mol. The molecular weight excluding hydrogens is 222 g/mol. The van der Waals surface area contributed by atoms with E-state index in [4.69, 9.17) is 0 Å². The lowest BCUT2D eigenvalue weighted by Crippen LogP contribution is -2.48.